The lowest BCUT2D eigenvalue weighted by Gasteiger charge is -2.42. The zero-order chi connectivity index (χ0) is 16.3. The molecule has 1 atom stereocenters. The predicted octanol–water partition coefficient (Wildman–Crippen LogP) is 2.91. The molecule has 6 heteroatoms. The average Bonchev–Trinajstić information content (AvgIpc) is 2.56. The first-order valence-electron chi connectivity index (χ1n) is 8.21. The minimum atomic E-state index is -4.26. The van der Waals surface area contributed by atoms with E-state index in [1.54, 1.807) is 0 Å². The summed E-state index contributed by atoms with van der Waals surface area (Å²) in [5.74, 6) is 0. The Balaban J connectivity index is 1.49. The zero-order valence-electron chi connectivity index (χ0n) is 13.1. The number of ether oxygens (including phenoxy) is 1. The van der Waals surface area contributed by atoms with Crippen molar-refractivity contribution in [3.05, 3.63) is 35.9 Å². The summed E-state index contributed by atoms with van der Waals surface area (Å²) in [4.78, 5) is 4.36. The van der Waals surface area contributed by atoms with E-state index in [4.69, 9.17) is 4.74 Å². The standard InChI is InChI=1S/C17H23F3N2O/c18-17(19,20)16-13-22(10-11-23-16)15-6-8-21(9-7-15)12-14-4-2-1-3-5-14/h1-5,15-16H,6-13H2. The molecule has 23 heavy (non-hydrogen) atoms. The third-order valence-corrected chi connectivity index (χ3v) is 4.79. The van der Waals surface area contributed by atoms with Gasteiger partial charge in [0.15, 0.2) is 6.10 Å². The van der Waals surface area contributed by atoms with Crippen LogP contribution in [-0.4, -0.2) is 60.9 Å². The number of alkyl halides is 3. The van der Waals surface area contributed by atoms with Gasteiger partial charge in [-0.1, -0.05) is 30.3 Å². The molecule has 2 fully saturated rings. The molecule has 3 rings (SSSR count). The number of rotatable bonds is 3. The van der Waals surface area contributed by atoms with Crippen LogP contribution in [0.25, 0.3) is 0 Å². The van der Waals surface area contributed by atoms with E-state index in [-0.39, 0.29) is 19.2 Å². The van der Waals surface area contributed by atoms with Crippen molar-refractivity contribution < 1.29 is 17.9 Å². The minimum Gasteiger partial charge on any atom is -0.366 e. The highest BCUT2D eigenvalue weighted by Gasteiger charge is 2.44. The van der Waals surface area contributed by atoms with Crippen LogP contribution in [0.1, 0.15) is 18.4 Å². The fourth-order valence-electron chi connectivity index (χ4n) is 3.48. The van der Waals surface area contributed by atoms with Gasteiger partial charge in [0.05, 0.1) is 6.61 Å². The number of hydrogen-bond donors (Lipinski definition) is 0. The van der Waals surface area contributed by atoms with Crippen molar-refractivity contribution in [2.75, 3.05) is 32.8 Å². The van der Waals surface area contributed by atoms with Crippen LogP contribution in [0.3, 0.4) is 0 Å². The second-order valence-electron chi connectivity index (χ2n) is 6.39. The molecule has 0 N–H and O–H groups in total. The summed E-state index contributed by atoms with van der Waals surface area (Å²) in [6.07, 6.45) is -4.03. The summed E-state index contributed by atoms with van der Waals surface area (Å²) in [5, 5.41) is 0. The lowest BCUT2D eigenvalue weighted by atomic mass is 10.0. The summed E-state index contributed by atoms with van der Waals surface area (Å²) in [6, 6.07) is 10.5. The van der Waals surface area contributed by atoms with Gasteiger partial charge in [0.1, 0.15) is 0 Å². The Morgan fingerprint density at radius 3 is 2.39 bits per heavy atom. The topological polar surface area (TPSA) is 15.7 Å². The van der Waals surface area contributed by atoms with Gasteiger partial charge in [-0.15, -0.1) is 0 Å². The van der Waals surface area contributed by atoms with Crippen LogP contribution in [-0.2, 0) is 11.3 Å². The highest BCUT2D eigenvalue weighted by Crippen LogP contribution is 2.28. The SMILES string of the molecule is FC(F)(F)C1CN(C2CCN(Cc3ccccc3)CC2)CCO1. The second kappa shape index (κ2) is 7.20. The van der Waals surface area contributed by atoms with Crippen LogP contribution in [0.5, 0.6) is 0 Å². The van der Waals surface area contributed by atoms with Crippen molar-refractivity contribution in [3.8, 4) is 0 Å². The molecular weight excluding hydrogens is 305 g/mol. The van der Waals surface area contributed by atoms with Crippen molar-refractivity contribution in [1.82, 2.24) is 9.80 Å². The van der Waals surface area contributed by atoms with E-state index < -0.39 is 12.3 Å². The van der Waals surface area contributed by atoms with Crippen LogP contribution >= 0.6 is 0 Å². The van der Waals surface area contributed by atoms with Crippen LogP contribution < -0.4 is 0 Å². The summed E-state index contributed by atoms with van der Waals surface area (Å²) >= 11 is 0. The molecule has 0 aromatic heterocycles. The molecule has 3 nitrogen and oxygen atoms in total. The molecule has 2 aliphatic rings. The maximum Gasteiger partial charge on any atom is 0.415 e. The molecule has 0 radical (unpaired) electrons. The van der Waals surface area contributed by atoms with Crippen LogP contribution in [0.2, 0.25) is 0 Å². The summed E-state index contributed by atoms with van der Waals surface area (Å²) in [5.41, 5.74) is 1.29. The van der Waals surface area contributed by atoms with E-state index in [0.717, 1.165) is 32.5 Å². The average molecular weight is 328 g/mol. The Bertz CT molecular complexity index is 486. The van der Waals surface area contributed by atoms with Crippen molar-refractivity contribution in [2.24, 2.45) is 0 Å². The van der Waals surface area contributed by atoms with Crippen LogP contribution in [0, 0.1) is 0 Å². The lowest BCUT2D eigenvalue weighted by molar-refractivity contribution is -0.240. The van der Waals surface area contributed by atoms with E-state index in [9.17, 15) is 13.2 Å². The summed E-state index contributed by atoms with van der Waals surface area (Å²) in [7, 11) is 0. The molecule has 0 bridgehead atoms. The van der Waals surface area contributed by atoms with Gasteiger partial charge in [-0.25, -0.2) is 0 Å². The summed E-state index contributed by atoms with van der Waals surface area (Å²) < 4.78 is 43.4. The largest absolute Gasteiger partial charge is 0.415 e. The molecule has 2 saturated heterocycles. The molecule has 2 heterocycles. The smallest absolute Gasteiger partial charge is 0.366 e. The van der Waals surface area contributed by atoms with Gasteiger partial charge in [0.2, 0.25) is 0 Å². The van der Waals surface area contributed by atoms with Gasteiger partial charge in [-0.2, -0.15) is 13.2 Å². The van der Waals surface area contributed by atoms with Crippen molar-refractivity contribution in [3.63, 3.8) is 0 Å². The maximum absolute atomic E-state index is 12.8. The quantitative estimate of drug-likeness (QED) is 0.848. The van der Waals surface area contributed by atoms with Gasteiger partial charge >= 0.3 is 6.18 Å². The monoisotopic (exact) mass is 328 g/mol. The first-order valence-corrected chi connectivity index (χ1v) is 8.21. The molecule has 0 saturated carbocycles. The fraction of sp³-hybridized carbons (Fsp3) is 0.647. The molecule has 2 aliphatic heterocycles. The number of halogens is 3. The molecule has 0 spiro atoms. The normalized spacial score (nSPS) is 25.6. The number of piperidine rings is 1. The zero-order valence-corrected chi connectivity index (χ0v) is 13.1. The predicted molar refractivity (Wildman–Crippen MR) is 82.1 cm³/mol. The Labute approximate surface area is 135 Å². The Morgan fingerprint density at radius 1 is 1.04 bits per heavy atom. The van der Waals surface area contributed by atoms with Gasteiger partial charge in [0.25, 0.3) is 0 Å². The number of hydrogen-bond acceptors (Lipinski definition) is 3. The number of nitrogens with zero attached hydrogens (tertiary/aromatic N) is 2. The second-order valence-corrected chi connectivity index (χ2v) is 6.39. The molecule has 0 aliphatic carbocycles. The highest BCUT2D eigenvalue weighted by molar-refractivity contribution is 5.14. The fourth-order valence-corrected chi connectivity index (χ4v) is 3.48. The minimum absolute atomic E-state index is 0.0210. The van der Waals surface area contributed by atoms with Gasteiger partial charge in [0, 0.05) is 25.7 Å². The van der Waals surface area contributed by atoms with E-state index in [0.29, 0.717) is 6.54 Å². The summed E-state index contributed by atoms with van der Waals surface area (Å²) in [6.45, 7) is 3.56. The van der Waals surface area contributed by atoms with Gasteiger partial charge in [-0.3, -0.25) is 9.80 Å². The third kappa shape index (κ3) is 4.46. The maximum atomic E-state index is 12.8. The Kier molecular flexibility index (Phi) is 5.24. The number of morpholine rings is 1. The first-order chi connectivity index (χ1) is 11.0. The van der Waals surface area contributed by atoms with Gasteiger partial charge in [-0.05, 0) is 31.5 Å². The molecule has 1 unspecified atom stereocenters. The van der Waals surface area contributed by atoms with Crippen molar-refractivity contribution in [1.29, 1.82) is 0 Å². The molecule has 128 valence electrons. The molecule has 0 amide bonds. The molecule has 1 aromatic rings. The van der Waals surface area contributed by atoms with E-state index >= 15 is 0 Å². The Morgan fingerprint density at radius 2 is 1.74 bits per heavy atom. The van der Waals surface area contributed by atoms with E-state index in [1.165, 1.54) is 5.56 Å². The van der Waals surface area contributed by atoms with Crippen molar-refractivity contribution in [2.45, 2.75) is 37.7 Å². The van der Waals surface area contributed by atoms with E-state index in [2.05, 4.69) is 17.0 Å². The highest BCUT2D eigenvalue weighted by atomic mass is 19.4. The lowest BCUT2D eigenvalue weighted by Crippen LogP contribution is -2.54. The van der Waals surface area contributed by atoms with Crippen molar-refractivity contribution >= 4 is 0 Å². The molecular formula is C17H23F3N2O. The van der Waals surface area contributed by atoms with Crippen LogP contribution in [0.4, 0.5) is 13.2 Å². The number of likely N-dealkylation sites (tertiary alicyclic amines) is 1. The first kappa shape index (κ1) is 16.7. The number of benzene rings is 1. The van der Waals surface area contributed by atoms with Crippen LogP contribution in [0.15, 0.2) is 30.3 Å². The third-order valence-electron chi connectivity index (χ3n) is 4.79. The molecule has 1 aromatic carbocycles. The van der Waals surface area contributed by atoms with Gasteiger partial charge < -0.3 is 4.74 Å². The van der Waals surface area contributed by atoms with E-state index in [1.807, 2.05) is 23.1 Å². The Hall–Kier alpha value is -1.11.